The Labute approximate surface area is 183 Å². The van der Waals surface area contributed by atoms with Crippen molar-refractivity contribution < 1.29 is 27.4 Å². The molecule has 2 fully saturated rings. The third-order valence-corrected chi connectivity index (χ3v) is 7.43. The van der Waals surface area contributed by atoms with Crippen LogP contribution in [0.2, 0.25) is 0 Å². The molecule has 3 rings (SSSR count). The van der Waals surface area contributed by atoms with Crippen molar-refractivity contribution in [2.75, 3.05) is 52.1 Å². The van der Waals surface area contributed by atoms with Crippen molar-refractivity contribution in [3.8, 4) is 5.75 Å². The van der Waals surface area contributed by atoms with Crippen LogP contribution in [0.15, 0.2) is 18.2 Å². The van der Waals surface area contributed by atoms with Gasteiger partial charge in [0.25, 0.3) is 0 Å². The van der Waals surface area contributed by atoms with Crippen molar-refractivity contribution in [1.82, 2.24) is 14.1 Å². The van der Waals surface area contributed by atoms with Gasteiger partial charge in [-0.3, -0.25) is 9.69 Å². The zero-order valence-electron chi connectivity index (χ0n) is 18.4. The Morgan fingerprint density at radius 2 is 1.90 bits per heavy atom. The first-order chi connectivity index (χ1) is 14.5. The topological polar surface area (TPSA) is 90.4 Å². The maximum Gasteiger partial charge on any atom is 0.219 e. The number of hydrogen-bond donors (Lipinski definition) is 1. The van der Waals surface area contributed by atoms with Crippen molar-refractivity contribution in [2.24, 2.45) is 0 Å². The molecule has 174 valence electrons. The second kappa shape index (κ2) is 9.40. The Balaban J connectivity index is 1.71. The number of halogens is 1. The third kappa shape index (κ3) is 6.15. The van der Waals surface area contributed by atoms with Gasteiger partial charge in [-0.1, -0.05) is 0 Å². The predicted octanol–water partition coefficient (Wildman–Crippen LogP) is 0.832. The summed E-state index contributed by atoms with van der Waals surface area (Å²) in [6, 6.07) is 4.54. The number of ether oxygens (including phenoxy) is 1. The van der Waals surface area contributed by atoms with Crippen LogP contribution in [0.4, 0.5) is 4.39 Å². The van der Waals surface area contributed by atoms with E-state index in [0.717, 1.165) is 0 Å². The van der Waals surface area contributed by atoms with Crippen LogP contribution in [0.1, 0.15) is 25.3 Å². The van der Waals surface area contributed by atoms with Crippen molar-refractivity contribution in [2.45, 2.75) is 38.3 Å². The van der Waals surface area contributed by atoms with Crippen LogP contribution in [-0.2, 0) is 14.8 Å². The lowest BCUT2D eigenvalue weighted by molar-refractivity contribution is -0.132. The van der Waals surface area contributed by atoms with Crippen molar-refractivity contribution in [1.29, 1.82) is 0 Å². The number of rotatable bonds is 5. The maximum atomic E-state index is 13.5. The van der Waals surface area contributed by atoms with Gasteiger partial charge in [-0.05, 0) is 43.5 Å². The van der Waals surface area contributed by atoms with Gasteiger partial charge in [0.1, 0.15) is 23.8 Å². The zero-order valence-corrected chi connectivity index (χ0v) is 19.2. The van der Waals surface area contributed by atoms with E-state index in [0.29, 0.717) is 56.9 Å². The highest BCUT2D eigenvalue weighted by atomic mass is 32.2. The van der Waals surface area contributed by atoms with Crippen molar-refractivity contribution >= 4 is 15.9 Å². The molecule has 31 heavy (non-hydrogen) atoms. The fourth-order valence-electron chi connectivity index (χ4n) is 4.33. The predicted molar refractivity (Wildman–Crippen MR) is 115 cm³/mol. The summed E-state index contributed by atoms with van der Waals surface area (Å²) in [4.78, 5) is 15.8. The molecule has 2 heterocycles. The minimum absolute atomic E-state index is 0.0411. The number of aliphatic hydroxyl groups is 1. The number of carbonyl (C=O) groups excluding carboxylic acids is 1. The Kier molecular flexibility index (Phi) is 7.25. The number of carbonyl (C=O) groups is 1. The molecular formula is C21H32FN3O5S. The monoisotopic (exact) mass is 457 g/mol. The molecule has 2 aliphatic heterocycles. The molecule has 2 aliphatic rings. The molecule has 2 saturated heterocycles. The quantitative estimate of drug-likeness (QED) is 0.705. The van der Waals surface area contributed by atoms with Crippen LogP contribution in [0.3, 0.4) is 0 Å². The van der Waals surface area contributed by atoms with E-state index in [1.165, 1.54) is 29.6 Å². The number of benzene rings is 1. The minimum Gasteiger partial charge on any atom is -0.490 e. The highest BCUT2D eigenvalue weighted by Gasteiger charge is 2.40. The second-order valence-electron chi connectivity index (χ2n) is 8.73. The first-order valence-corrected chi connectivity index (χ1v) is 12.4. The van der Waals surface area contributed by atoms with Crippen LogP contribution < -0.4 is 4.74 Å². The minimum atomic E-state index is -3.21. The molecular weight excluding hydrogens is 425 g/mol. The SMILES string of the molecule is CC(=O)N1CCN(C2CCN(S(C)(=O)=O)CC2)C[C@](O)(COc2ccc(F)c(C)c2)C1. The molecule has 0 spiro atoms. The summed E-state index contributed by atoms with van der Waals surface area (Å²) in [5.41, 5.74) is -0.853. The lowest BCUT2D eigenvalue weighted by Crippen LogP contribution is -2.55. The van der Waals surface area contributed by atoms with E-state index in [2.05, 4.69) is 4.90 Å². The standard InChI is InChI=1S/C21H32FN3O5S/c1-16-12-19(4-5-20(16)22)30-15-21(27)13-23(17(2)26)10-11-24(14-21)18-6-8-25(9-7-18)31(3,28)29/h4-5,12,18,27H,6-11,13-15H2,1-3H3/t21-/m0/s1. The van der Waals surface area contributed by atoms with Crippen LogP contribution in [-0.4, -0.2) is 97.3 Å². The molecule has 1 aromatic rings. The van der Waals surface area contributed by atoms with Crippen LogP contribution in [0.25, 0.3) is 0 Å². The van der Waals surface area contributed by atoms with Gasteiger partial charge in [0.05, 0.1) is 12.8 Å². The second-order valence-corrected chi connectivity index (χ2v) is 10.7. The molecule has 1 atom stereocenters. The molecule has 0 bridgehead atoms. The first kappa shape index (κ1) is 23.9. The molecule has 1 aromatic carbocycles. The van der Waals surface area contributed by atoms with E-state index in [1.807, 2.05) is 0 Å². The molecule has 10 heteroatoms. The highest BCUT2D eigenvalue weighted by molar-refractivity contribution is 7.88. The van der Waals surface area contributed by atoms with E-state index < -0.39 is 15.6 Å². The maximum absolute atomic E-state index is 13.5. The molecule has 0 aromatic heterocycles. The zero-order chi connectivity index (χ0) is 22.8. The Morgan fingerprint density at radius 1 is 1.23 bits per heavy atom. The lowest BCUT2D eigenvalue weighted by atomic mass is 10.00. The average Bonchev–Trinajstić information content (AvgIpc) is 2.88. The van der Waals surface area contributed by atoms with Gasteiger partial charge in [-0.15, -0.1) is 0 Å². The molecule has 0 radical (unpaired) electrons. The van der Waals surface area contributed by atoms with Gasteiger partial charge in [0.15, 0.2) is 0 Å². The van der Waals surface area contributed by atoms with E-state index in [9.17, 15) is 22.7 Å². The van der Waals surface area contributed by atoms with E-state index in [4.69, 9.17) is 4.74 Å². The Morgan fingerprint density at radius 3 is 2.48 bits per heavy atom. The van der Waals surface area contributed by atoms with E-state index in [-0.39, 0.29) is 30.9 Å². The van der Waals surface area contributed by atoms with Crippen molar-refractivity contribution in [3.63, 3.8) is 0 Å². The highest BCUT2D eigenvalue weighted by Crippen LogP contribution is 2.25. The molecule has 0 saturated carbocycles. The lowest BCUT2D eigenvalue weighted by Gasteiger charge is -2.39. The molecule has 0 unspecified atom stereocenters. The normalized spacial score (nSPS) is 24.7. The summed E-state index contributed by atoms with van der Waals surface area (Å²) in [5, 5.41) is 11.4. The smallest absolute Gasteiger partial charge is 0.219 e. The number of piperidine rings is 1. The van der Waals surface area contributed by atoms with Crippen LogP contribution >= 0.6 is 0 Å². The van der Waals surface area contributed by atoms with Gasteiger partial charge in [-0.25, -0.2) is 17.1 Å². The Hall–Kier alpha value is -1.75. The van der Waals surface area contributed by atoms with Gasteiger partial charge >= 0.3 is 0 Å². The van der Waals surface area contributed by atoms with Gasteiger partial charge < -0.3 is 14.7 Å². The largest absolute Gasteiger partial charge is 0.490 e. The summed E-state index contributed by atoms with van der Waals surface area (Å²) in [5.74, 6) is 0.0126. The number of β-amino-alcohol motifs (C(OH)–C–C–N with tert-alkyl or cyclic N) is 1. The summed E-state index contributed by atoms with van der Waals surface area (Å²) in [6.07, 6.45) is 2.56. The molecule has 8 nitrogen and oxygen atoms in total. The number of hydrogen-bond acceptors (Lipinski definition) is 6. The van der Waals surface area contributed by atoms with Crippen LogP contribution in [0.5, 0.6) is 5.75 Å². The molecule has 1 amide bonds. The van der Waals surface area contributed by atoms with Gasteiger partial charge in [-0.2, -0.15) is 0 Å². The summed E-state index contributed by atoms with van der Waals surface area (Å²) < 4.78 is 44.4. The number of nitrogens with zero attached hydrogens (tertiary/aromatic N) is 3. The van der Waals surface area contributed by atoms with Gasteiger partial charge in [0.2, 0.25) is 15.9 Å². The van der Waals surface area contributed by atoms with E-state index >= 15 is 0 Å². The fraction of sp³-hybridized carbons (Fsp3) is 0.667. The number of sulfonamides is 1. The Bertz CT molecular complexity index is 904. The summed E-state index contributed by atoms with van der Waals surface area (Å²) in [7, 11) is -3.21. The molecule has 1 N–H and O–H groups in total. The van der Waals surface area contributed by atoms with E-state index in [1.54, 1.807) is 17.9 Å². The number of aryl methyl sites for hydroxylation is 1. The van der Waals surface area contributed by atoms with Gasteiger partial charge in [0, 0.05) is 45.7 Å². The van der Waals surface area contributed by atoms with Crippen LogP contribution in [0, 0.1) is 12.7 Å². The number of amides is 1. The molecule has 0 aliphatic carbocycles. The fourth-order valence-corrected chi connectivity index (χ4v) is 5.20. The first-order valence-electron chi connectivity index (χ1n) is 10.5. The average molecular weight is 458 g/mol. The third-order valence-electron chi connectivity index (χ3n) is 6.13. The van der Waals surface area contributed by atoms with Crippen molar-refractivity contribution in [3.05, 3.63) is 29.6 Å². The summed E-state index contributed by atoms with van der Waals surface area (Å²) >= 11 is 0. The summed E-state index contributed by atoms with van der Waals surface area (Å²) in [6.45, 7) is 5.50.